The summed E-state index contributed by atoms with van der Waals surface area (Å²) in [5.41, 5.74) is 7.47. The fourth-order valence-electron chi connectivity index (χ4n) is 1.88. The van der Waals surface area contributed by atoms with Gasteiger partial charge < -0.3 is 5.73 Å². The summed E-state index contributed by atoms with van der Waals surface area (Å²) in [4.78, 5) is 4.04. The molecule has 0 aliphatic carbocycles. The van der Waals surface area contributed by atoms with Gasteiger partial charge in [0.1, 0.15) is 4.90 Å². The van der Waals surface area contributed by atoms with Gasteiger partial charge in [-0.25, -0.2) is 8.42 Å². The molecule has 0 bridgehead atoms. The zero-order valence-corrected chi connectivity index (χ0v) is 12.0. The van der Waals surface area contributed by atoms with Crippen LogP contribution in [0.4, 0.5) is 0 Å². The second-order valence-corrected chi connectivity index (χ2v) is 6.52. The Hall–Kier alpha value is -1.76. The third-order valence-corrected chi connectivity index (χ3v) is 4.76. The number of benzene rings is 1. The second kappa shape index (κ2) is 6.13. The Morgan fingerprint density at radius 1 is 1.20 bits per heavy atom. The van der Waals surface area contributed by atoms with Crippen LogP contribution >= 0.6 is 0 Å². The average Bonchev–Trinajstić information content (AvgIpc) is 2.48. The normalized spacial score (nSPS) is 11.8. The number of aromatic nitrogens is 1. The van der Waals surface area contributed by atoms with Crippen LogP contribution in [-0.2, 0) is 23.1 Å². The molecule has 1 aromatic heterocycles. The van der Waals surface area contributed by atoms with E-state index in [2.05, 4.69) is 4.98 Å². The molecule has 5 nitrogen and oxygen atoms in total. The van der Waals surface area contributed by atoms with E-state index in [4.69, 9.17) is 5.73 Å². The minimum absolute atomic E-state index is 0.192. The zero-order valence-electron chi connectivity index (χ0n) is 11.2. The average molecular weight is 291 g/mol. The topological polar surface area (TPSA) is 76.3 Å². The molecule has 106 valence electrons. The Bertz CT molecular complexity index is 672. The van der Waals surface area contributed by atoms with Gasteiger partial charge >= 0.3 is 0 Å². The first-order valence-corrected chi connectivity index (χ1v) is 7.62. The molecule has 0 fully saturated rings. The first-order valence-electron chi connectivity index (χ1n) is 6.18. The van der Waals surface area contributed by atoms with Gasteiger partial charge in [0.15, 0.2) is 0 Å². The molecule has 20 heavy (non-hydrogen) atoms. The summed E-state index contributed by atoms with van der Waals surface area (Å²) >= 11 is 0. The summed E-state index contributed by atoms with van der Waals surface area (Å²) in [6, 6.07) is 10.7. The molecule has 2 rings (SSSR count). The highest BCUT2D eigenvalue weighted by molar-refractivity contribution is 7.89. The maximum Gasteiger partial charge on any atom is 0.244 e. The van der Waals surface area contributed by atoms with Gasteiger partial charge in [0.25, 0.3) is 0 Å². The van der Waals surface area contributed by atoms with E-state index in [9.17, 15) is 8.42 Å². The zero-order chi connectivity index (χ0) is 14.6. The summed E-state index contributed by atoms with van der Waals surface area (Å²) in [6.45, 7) is 0.734. The van der Waals surface area contributed by atoms with Crippen molar-refractivity contribution >= 4 is 10.0 Å². The third-order valence-electron chi connectivity index (χ3n) is 2.97. The van der Waals surface area contributed by atoms with Crippen LogP contribution < -0.4 is 5.73 Å². The van der Waals surface area contributed by atoms with Crippen molar-refractivity contribution in [2.45, 2.75) is 18.0 Å². The van der Waals surface area contributed by atoms with Gasteiger partial charge in [0, 0.05) is 32.5 Å². The van der Waals surface area contributed by atoms with Crippen LogP contribution in [0.3, 0.4) is 0 Å². The first kappa shape index (κ1) is 14.6. The molecule has 0 aliphatic heterocycles. The molecule has 0 unspecified atom stereocenters. The predicted molar refractivity (Wildman–Crippen MR) is 77.2 cm³/mol. The molecule has 0 amide bonds. The lowest BCUT2D eigenvalue weighted by Crippen LogP contribution is -2.26. The van der Waals surface area contributed by atoms with Crippen molar-refractivity contribution in [3.63, 3.8) is 0 Å². The van der Waals surface area contributed by atoms with Crippen LogP contribution in [-0.4, -0.2) is 24.8 Å². The fraction of sp³-hybridized carbons (Fsp3) is 0.214. The molecule has 0 aliphatic rings. The van der Waals surface area contributed by atoms with Crippen LogP contribution in [0, 0.1) is 0 Å². The van der Waals surface area contributed by atoms with E-state index < -0.39 is 10.0 Å². The number of nitrogens with zero attached hydrogens (tertiary/aromatic N) is 2. The van der Waals surface area contributed by atoms with Crippen LogP contribution in [0.25, 0.3) is 0 Å². The van der Waals surface area contributed by atoms with Crippen molar-refractivity contribution in [3.8, 4) is 0 Å². The molecule has 2 N–H and O–H groups in total. The van der Waals surface area contributed by atoms with E-state index in [-0.39, 0.29) is 4.90 Å². The lowest BCUT2D eigenvalue weighted by molar-refractivity contribution is 0.466. The van der Waals surface area contributed by atoms with Crippen LogP contribution in [0.2, 0.25) is 0 Å². The minimum Gasteiger partial charge on any atom is -0.326 e. The predicted octanol–water partition coefficient (Wildman–Crippen LogP) is 1.36. The van der Waals surface area contributed by atoms with Gasteiger partial charge in [0.05, 0.1) is 0 Å². The Kier molecular flexibility index (Phi) is 4.49. The maximum atomic E-state index is 12.4. The van der Waals surface area contributed by atoms with E-state index >= 15 is 0 Å². The van der Waals surface area contributed by atoms with Crippen LogP contribution in [0.1, 0.15) is 11.1 Å². The number of nitrogens with two attached hydrogens (primary N) is 1. The first-order chi connectivity index (χ1) is 9.54. The molecule has 0 saturated carbocycles. The second-order valence-electron chi connectivity index (χ2n) is 4.47. The number of pyridine rings is 1. The van der Waals surface area contributed by atoms with E-state index in [0.717, 1.165) is 11.1 Å². The van der Waals surface area contributed by atoms with Gasteiger partial charge in [-0.05, 0) is 23.3 Å². The minimum atomic E-state index is -3.52. The summed E-state index contributed by atoms with van der Waals surface area (Å²) in [6.07, 6.45) is 2.89. The summed E-state index contributed by atoms with van der Waals surface area (Å²) < 4.78 is 26.0. The molecular formula is C14H17N3O2S. The molecule has 6 heteroatoms. The summed E-state index contributed by atoms with van der Waals surface area (Å²) in [5, 5.41) is 0. The van der Waals surface area contributed by atoms with Crippen molar-refractivity contribution in [2.75, 3.05) is 7.05 Å². The Labute approximate surface area is 119 Å². The summed E-state index contributed by atoms with van der Waals surface area (Å²) in [7, 11) is -1.96. The van der Waals surface area contributed by atoms with Gasteiger partial charge in [-0.3, -0.25) is 4.98 Å². The molecule has 0 radical (unpaired) electrons. The molecule has 0 spiro atoms. The summed E-state index contributed by atoms with van der Waals surface area (Å²) in [5.74, 6) is 0. The molecule has 1 heterocycles. The molecule has 0 atom stereocenters. The van der Waals surface area contributed by atoms with E-state index in [1.54, 1.807) is 19.3 Å². The lowest BCUT2D eigenvalue weighted by atomic mass is 10.1. The molecule has 1 aromatic carbocycles. The van der Waals surface area contributed by atoms with Gasteiger partial charge in [0.2, 0.25) is 10.0 Å². The van der Waals surface area contributed by atoms with Gasteiger partial charge in [-0.1, -0.05) is 24.3 Å². The van der Waals surface area contributed by atoms with Gasteiger partial charge in [-0.2, -0.15) is 4.31 Å². The van der Waals surface area contributed by atoms with Crippen molar-refractivity contribution in [3.05, 3.63) is 59.9 Å². The number of hydrogen-bond donors (Lipinski definition) is 1. The van der Waals surface area contributed by atoms with Crippen LogP contribution in [0.15, 0.2) is 53.7 Å². The molecule has 2 aromatic rings. The van der Waals surface area contributed by atoms with E-state index in [1.165, 1.54) is 16.6 Å². The van der Waals surface area contributed by atoms with Crippen molar-refractivity contribution in [2.24, 2.45) is 5.73 Å². The number of sulfonamides is 1. The quantitative estimate of drug-likeness (QED) is 0.902. The monoisotopic (exact) mass is 291 g/mol. The smallest absolute Gasteiger partial charge is 0.244 e. The largest absolute Gasteiger partial charge is 0.326 e. The number of rotatable bonds is 5. The highest BCUT2D eigenvalue weighted by Gasteiger charge is 2.20. The lowest BCUT2D eigenvalue weighted by Gasteiger charge is -2.17. The molecular weight excluding hydrogens is 274 g/mol. The van der Waals surface area contributed by atoms with E-state index in [1.807, 2.05) is 24.3 Å². The van der Waals surface area contributed by atoms with Gasteiger partial charge in [-0.15, -0.1) is 0 Å². The van der Waals surface area contributed by atoms with Crippen LogP contribution in [0.5, 0.6) is 0 Å². The number of hydrogen-bond acceptors (Lipinski definition) is 4. The van der Waals surface area contributed by atoms with Crippen molar-refractivity contribution in [1.29, 1.82) is 0 Å². The highest BCUT2D eigenvalue weighted by Crippen LogP contribution is 2.16. The van der Waals surface area contributed by atoms with Crippen molar-refractivity contribution in [1.82, 2.24) is 9.29 Å². The highest BCUT2D eigenvalue weighted by atomic mass is 32.2. The Morgan fingerprint density at radius 2 is 1.95 bits per heavy atom. The maximum absolute atomic E-state index is 12.4. The third kappa shape index (κ3) is 3.22. The SMILES string of the molecule is CN(Cc1cccc(CN)c1)S(=O)(=O)c1cccnc1. The standard InChI is InChI=1S/C14H17N3O2S/c1-17(11-13-5-2-4-12(8-13)9-15)20(18,19)14-6-3-7-16-10-14/h2-8,10H,9,11,15H2,1H3. The van der Waals surface area contributed by atoms with E-state index in [0.29, 0.717) is 13.1 Å². The molecule has 0 saturated heterocycles. The van der Waals surface area contributed by atoms with Crippen molar-refractivity contribution < 1.29 is 8.42 Å². The Balaban J connectivity index is 2.21. The fourth-order valence-corrected chi connectivity index (χ4v) is 3.00. The Morgan fingerprint density at radius 3 is 2.60 bits per heavy atom.